The zero-order valence-electron chi connectivity index (χ0n) is 9.76. The molecule has 0 aromatic carbocycles. The molecule has 1 atom stereocenters. The summed E-state index contributed by atoms with van der Waals surface area (Å²) >= 11 is 1.34. The first-order valence-electron chi connectivity index (χ1n) is 5.72. The Hall–Kier alpha value is -1.01. The molecule has 2 rings (SSSR count). The number of carboxylic acids is 1. The fourth-order valence-electron chi connectivity index (χ4n) is 2.14. The highest BCUT2D eigenvalue weighted by Gasteiger charge is 2.38. The molecule has 0 aromatic rings. The van der Waals surface area contributed by atoms with Gasteiger partial charge in [0.05, 0.1) is 11.1 Å². The van der Waals surface area contributed by atoms with Gasteiger partial charge in [-0.15, -0.1) is 0 Å². The van der Waals surface area contributed by atoms with Gasteiger partial charge in [-0.05, 0) is 25.9 Å². The molecule has 6 heteroatoms. The van der Waals surface area contributed by atoms with Gasteiger partial charge in [-0.25, -0.2) is 4.79 Å². The molecular weight excluding hydrogens is 240 g/mol. The van der Waals surface area contributed by atoms with E-state index in [1.54, 1.807) is 7.05 Å². The number of likely N-dealkylation sites (N-methyl/N-ethyl adjacent to an activating group) is 1. The van der Waals surface area contributed by atoms with Crippen LogP contribution in [0, 0.1) is 0 Å². The average Bonchev–Trinajstić information content (AvgIpc) is 2.58. The van der Waals surface area contributed by atoms with E-state index in [2.05, 4.69) is 4.90 Å². The maximum absolute atomic E-state index is 12.0. The highest BCUT2D eigenvalue weighted by Crippen LogP contribution is 2.36. The molecule has 2 fully saturated rings. The number of amides is 1. The molecule has 5 nitrogen and oxygen atoms in total. The van der Waals surface area contributed by atoms with Crippen LogP contribution in [0.2, 0.25) is 0 Å². The normalized spacial score (nSPS) is 29.0. The van der Waals surface area contributed by atoms with E-state index in [0.717, 1.165) is 32.0 Å². The maximum atomic E-state index is 12.0. The van der Waals surface area contributed by atoms with Gasteiger partial charge in [0.15, 0.2) is 0 Å². The van der Waals surface area contributed by atoms with Gasteiger partial charge in [0.2, 0.25) is 0 Å². The van der Waals surface area contributed by atoms with Crippen molar-refractivity contribution in [2.45, 2.75) is 24.6 Å². The summed E-state index contributed by atoms with van der Waals surface area (Å²) in [6.45, 7) is 1.86. The number of likely N-dealkylation sites (tertiary alicyclic amines) is 1. The van der Waals surface area contributed by atoms with Crippen LogP contribution < -0.4 is 0 Å². The van der Waals surface area contributed by atoms with Crippen molar-refractivity contribution in [2.75, 3.05) is 20.1 Å². The number of hydrogen-bond donors (Lipinski definition) is 1. The van der Waals surface area contributed by atoms with E-state index in [9.17, 15) is 9.59 Å². The lowest BCUT2D eigenvalue weighted by atomic mass is 10.1. The van der Waals surface area contributed by atoms with Crippen LogP contribution in [-0.4, -0.2) is 52.3 Å². The van der Waals surface area contributed by atoms with Crippen molar-refractivity contribution < 1.29 is 14.7 Å². The zero-order valence-corrected chi connectivity index (χ0v) is 10.6. The first kappa shape index (κ1) is 12.4. The second-order valence-corrected chi connectivity index (χ2v) is 5.39. The van der Waals surface area contributed by atoms with Gasteiger partial charge >= 0.3 is 5.97 Å². The minimum Gasteiger partial charge on any atom is -0.478 e. The Morgan fingerprint density at radius 1 is 1.41 bits per heavy atom. The lowest BCUT2D eigenvalue weighted by Gasteiger charge is -2.29. The summed E-state index contributed by atoms with van der Waals surface area (Å²) in [7, 11) is 1.63. The molecule has 94 valence electrons. The van der Waals surface area contributed by atoms with Crippen LogP contribution in [0.1, 0.15) is 19.3 Å². The Bertz CT molecular complexity index is 364. The second kappa shape index (κ2) is 5.10. The third kappa shape index (κ3) is 2.63. The molecule has 0 bridgehead atoms. The number of rotatable bonds is 2. The molecule has 2 aliphatic rings. The molecular formula is C11H16N2O3S. The van der Waals surface area contributed by atoms with Crippen molar-refractivity contribution >= 4 is 23.6 Å². The van der Waals surface area contributed by atoms with Crippen molar-refractivity contribution in [1.29, 1.82) is 0 Å². The van der Waals surface area contributed by atoms with Crippen molar-refractivity contribution in [3.63, 3.8) is 0 Å². The van der Waals surface area contributed by atoms with Crippen LogP contribution in [0.5, 0.6) is 0 Å². The van der Waals surface area contributed by atoms with E-state index < -0.39 is 5.97 Å². The highest BCUT2D eigenvalue weighted by atomic mass is 32.2. The van der Waals surface area contributed by atoms with Gasteiger partial charge in [0.1, 0.15) is 5.37 Å². The van der Waals surface area contributed by atoms with E-state index in [1.807, 2.05) is 0 Å². The van der Waals surface area contributed by atoms with Gasteiger partial charge in [0, 0.05) is 7.05 Å². The standard InChI is InChI=1S/C11H16N2O3S/c1-12-8(7-9(14)15)17-11(10(12)16)13-5-3-2-4-6-13/h7,11H,2-6H2,1H3,(H,14,15)/b8-7+/t11-/m0/s1. The van der Waals surface area contributed by atoms with Crippen LogP contribution >= 0.6 is 11.8 Å². The minimum atomic E-state index is -1.01. The fraction of sp³-hybridized carbons (Fsp3) is 0.636. The van der Waals surface area contributed by atoms with Crippen LogP contribution in [0.4, 0.5) is 0 Å². The molecule has 2 saturated heterocycles. The Kier molecular flexibility index (Phi) is 3.73. The Morgan fingerprint density at radius 3 is 2.65 bits per heavy atom. The number of nitrogens with zero attached hydrogens (tertiary/aromatic N) is 2. The fourth-order valence-corrected chi connectivity index (χ4v) is 3.40. The summed E-state index contributed by atoms with van der Waals surface area (Å²) < 4.78 is 0. The third-order valence-electron chi connectivity index (χ3n) is 3.07. The van der Waals surface area contributed by atoms with Crippen molar-refractivity contribution in [1.82, 2.24) is 9.80 Å². The summed E-state index contributed by atoms with van der Waals surface area (Å²) in [5.41, 5.74) is 0. The van der Waals surface area contributed by atoms with Crippen molar-refractivity contribution in [3.05, 3.63) is 11.1 Å². The molecule has 0 radical (unpaired) electrons. The van der Waals surface area contributed by atoms with E-state index in [-0.39, 0.29) is 11.3 Å². The number of carbonyl (C=O) groups excluding carboxylic acids is 1. The third-order valence-corrected chi connectivity index (χ3v) is 4.43. The summed E-state index contributed by atoms with van der Waals surface area (Å²) in [6, 6.07) is 0. The second-order valence-electron chi connectivity index (χ2n) is 4.28. The molecule has 0 spiro atoms. The number of hydrogen-bond acceptors (Lipinski definition) is 4. The van der Waals surface area contributed by atoms with Gasteiger partial charge in [0.25, 0.3) is 5.91 Å². The Balaban J connectivity index is 2.10. The van der Waals surface area contributed by atoms with Crippen LogP contribution in [-0.2, 0) is 9.59 Å². The molecule has 0 aromatic heterocycles. The minimum absolute atomic E-state index is 0.00981. The van der Waals surface area contributed by atoms with Gasteiger partial charge < -0.3 is 10.0 Å². The lowest BCUT2D eigenvalue weighted by molar-refractivity contribution is -0.131. The SMILES string of the molecule is CN1C(=O)[C@@H](N2CCCCC2)S/C1=C/C(=O)O. The first-order valence-corrected chi connectivity index (χ1v) is 6.60. The summed E-state index contributed by atoms with van der Waals surface area (Å²) in [4.78, 5) is 26.3. The smallest absolute Gasteiger partial charge is 0.330 e. The van der Waals surface area contributed by atoms with Crippen LogP contribution in [0.15, 0.2) is 11.1 Å². The topological polar surface area (TPSA) is 60.9 Å². The van der Waals surface area contributed by atoms with Gasteiger partial charge in [-0.2, -0.15) is 0 Å². The summed E-state index contributed by atoms with van der Waals surface area (Å²) in [5, 5.41) is 9.03. The van der Waals surface area contributed by atoms with Gasteiger partial charge in [-0.3, -0.25) is 9.69 Å². The average molecular weight is 256 g/mol. The van der Waals surface area contributed by atoms with Crippen molar-refractivity contribution in [2.24, 2.45) is 0 Å². The van der Waals surface area contributed by atoms with E-state index in [1.165, 1.54) is 23.1 Å². The lowest BCUT2D eigenvalue weighted by Crippen LogP contribution is -2.42. The number of carbonyl (C=O) groups is 2. The Labute approximate surface area is 104 Å². The van der Waals surface area contributed by atoms with Gasteiger partial charge in [-0.1, -0.05) is 18.2 Å². The zero-order chi connectivity index (χ0) is 12.4. The molecule has 2 aliphatic heterocycles. The molecule has 0 unspecified atom stereocenters. The molecule has 0 aliphatic carbocycles. The van der Waals surface area contributed by atoms with E-state index >= 15 is 0 Å². The molecule has 1 N–H and O–H groups in total. The Morgan fingerprint density at radius 2 is 2.06 bits per heavy atom. The van der Waals surface area contributed by atoms with E-state index in [4.69, 9.17) is 5.11 Å². The predicted octanol–water partition coefficient (Wildman–Crippen LogP) is 0.930. The first-order chi connectivity index (χ1) is 8.09. The van der Waals surface area contributed by atoms with E-state index in [0.29, 0.717) is 5.03 Å². The number of aliphatic carboxylic acids is 1. The monoisotopic (exact) mass is 256 g/mol. The highest BCUT2D eigenvalue weighted by molar-refractivity contribution is 8.04. The van der Waals surface area contributed by atoms with Crippen LogP contribution in [0.3, 0.4) is 0 Å². The molecule has 0 saturated carbocycles. The number of piperidine rings is 1. The summed E-state index contributed by atoms with van der Waals surface area (Å²) in [5.74, 6) is -1.02. The van der Waals surface area contributed by atoms with Crippen molar-refractivity contribution in [3.8, 4) is 0 Å². The number of thioether (sulfide) groups is 1. The molecule has 1 amide bonds. The van der Waals surface area contributed by atoms with Crippen LogP contribution in [0.25, 0.3) is 0 Å². The molecule has 17 heavy (non-hydrogen) atoms. The number of carboxylic acid groups (broad SMARTS) is 1. The maximum Gasteiger partial charge on any atom is 0.330 e. The quantitative estimate of drug-likeness (QED) is 0.745. The largest absolute Gasteiger partial charge is 0.478 e. The molecule has 2 heterocycles. The summed E-state index contributed by atoms with van der Waals surface area (Å²) in [6.07, 6.45) is 4.56. The predicted molar refractivity (Wildman–Crippen MR) is 65.3 cm³/mol.